The molecule has 2 saturated heterocycles. The molecular formula is C17H26N2S. The van der Waals surface area contributed by atoms with Crippen molar-refractivity contribution in [2.24, 2.45) is 0 Å². The van der Waals surface area contributed by atoms with Crippen LogP contribution in [0, 0.1) is 0 Å². The quantitative estimate of drug-likeness (QED) is 0.893. The van der Waals surface area contributed by atoms with Crippen LogP contribution in [0.3, 0.4) is 0 Å². The summed E-state index contributed by atoms with van der Waals surface area (Å²) in [5.41, 5.74) is 1.68. The van der Waals surface area contributed by atoms with Crippen molar-refractivity contribution in [3.63, 3.8) is 0 Å². The molecule has 4 rings (SSSR count). The summed E-state index contributed by atoms with van der Waals surface area (Å²) >= 11 is 1.99. The zero-order valence-corrected chi connectivity index (χ0v) is 13.3. The zero-order chi connectivity index (χ0) is 13.5. The molecule has 0 spiro atoms. The van der Waals surface area contributed by atoms with Crippen molar-refractivity contribution in [1.82, 2.24) is 10.2 Å². The van der Waals surface area contributed by atoms with Crippen molar-refractivity contribution in [3.05, 3.63) is 21.9 Å². The summed E-state index contributed by atoms with van der Waals surface area (Å²) in [4.78, 5) is 4.62. The van der Waals surface area contributed by atoms with E-state index in [1.807, 2.05) is 11.3 Å². The predicted molar refractivity (Wildman–Crippen MR) is 85.3 cm³/mol. The lowest BCUT2D eigenvalue weighted by molar-refractivity contribution is -0.0160. The van der Waals surface area contributed by atoms with E-state index in [1.165, 1.54) is 51.4 Å². The van der Waals surface area contributed by atoms with E-state index in [0.717, 1.165) is 24.2 Å². The summed E-state index contributed by atoms with van der Waals surface area (Å²) in [6, 6.07) is 5.57. The van der Waals surface area contributed by atoms with E-state index in [-0.39, 0.29) is 0 Å². The molecule has 3 aliphatic rings. The topological polar surface area (TPSA) is 15.3 Å². The summed E-state index contributed by atoms with van der Waals surface area (Å²) in [6.45, 7) is 0. The molecule has 2 bridgehead atoms. The Labute approximate surface area is 126 Å². The van der Waals surface area contributed by atoms with Gasteiger partial charge >= 0.3 is 0 Å². The molecule has 2 aliphatic heterocycles. The van der Waals surface area contributed by atoms with Crippen molar-refractivity contribution >= 4 is 11.3 Å². The fourth-order valence-electron chi connectivity index (χ4n) is 4.93. The lowest BCUT2D eigenvalue weighted by Gasteiger charge is -2.53. The maximum absolute atomic E-state index is 3.55. The van der Waals surface area contributed by atoms with Gasteiger partial charge in [-0.1, -0.05) is 6.42 Å². The number of piperidine rings is 2. The van der Waals surface area contributed by atoms with Gasteiger partial charge in [0.25, 0.3) is 0 Å². The largest absolute Gasteiger partial charge is 0.317 e. The first-order valence-electron chi connectivity index (χ1n) is 8.38. The first kappa shape index (κ1) is 13.3. The van der Waals surface area contributed by atoms with Crippen molar-refractivity contribution < 1.29 is 0 Å². The van der Waals surface area contributed by atoms with Crippen LogP contribution in [0.5, 0.6) is 0 Å². The summed E-state index contributed by atoms with van der Waals surface area (Å²) < 4.78 is 0. The van der Waals surface area contributed by atoms with Crippen LogP contribution in [0.25, 0.3) is 0 Å². The van der Waals surface area contributed by atoms with E-state index in [9.17, 15) is 0 Å². The van der Waals surface area contributed by atoms with E-state index in [1.54, 1.807) is 10.4 Å². The molecule has 3 heteroatoms. The molecule has 0 amide bonds. The first-order valence-corrected chi connectivity index (χ1v) is 9.25. The Morgan fingerprint density at radius 2 is 1.95 bits per heavy atom. The molecule has 1 aromatic heterocycles. The molecule has 0 aromatic carbocycles. The average molecular weight is 290 g/mol. The Morgan fingerprint density at radius 1 is 1.15 bits per heavy atom. The summed E-state index contributed by atoms with van der Waals surface area (Å²) in [5.74, 6) is 0. The van der Waals surface area contributed by atoms with Gasteiger partial charge in [0.1, 0.15) is 0 Å². The monoisotopic (exact) mass is 290 g/mol. The summed E-state index contributed by atoms with van der Waals surface area (Å²) in [7, 11) is 2.15. The third-order valence-electron chi connectivity index (χ3n) is 5.82. The molecule has 110 valence electrons. The van der Waals surface area contributed by atoms with Crippen LogP contribution in [-0.2, 0) is 6.42 Å². The number of thiophene rings is 1. The smallest absolute Gasteiger partial charge is 0.0365 e. The normalized spacial score (nSPS) is 37.6. The lowest BCUT2D eigenvalue weighted by Crippen LogP contribution is -2.57. The Bertz CT molecular complexity index is 455. The van der Waals surface area contributed by atoms with Gasteiger partial charge in [0, 0.05) is 29.0 Å². The maximum Gasteiger partial charge on any atom is 0.0365 e. The fourth-order valence-corrected chi connectivity index (χ4v) is 5.92. The van der Waals surface area contributed by atoms with Crippen molar-refractivity contribution in [3.8, 4) is 0 Å². The van der Waals surface area contributed by atoms with E-state index in [2.05, 4.69) is 28.7 Å². The molecular weight excluding hydrogens is 264 g/mol. The Balaban J connectivity index is 1.63. The van der Waals surface area contributed by atoms with Gasteiger partial charge in [-0.05, 0) is 69.0 Å². The third kappa shape index (κ3) is 2.15. The van der Waals surface area contributed by atoms with Gasteiger partial charge in [0.15, 0.2) is 0 Å². The van der Waals surface area contributed by atoms with E-state index in [4.69, 9.17) is 0 Å². The molecule has 1 aromatic rings. The minimum Gasteiger partial charge on any atom is -0.317 e. The van der Waals surface area contributed by atoms with E-state index < -0.39 is 0 Å². The molecule has 2 fully saturated rings. The molecule has 3 heterocycles. The first-order chi connectivity index (χ1) is 9.86. The Hall–Kier alpha value is -0.380. The lowest BCUT2D eigenvalue weighted by atomic mass is 9.78. The maximum atomic E-state index is 3.55. The van der Waals surface area contributed by atoms with Gasteiger partial charge < -0.3 is 5.32 Å². The zero-order valence-electron chi connectivity index (χ0n) is 12.5. The molecule has 1 aliphatic carbocycles. The molecule has 0 radical (unpaired) electrons. The van der Waals surface area contributed by atoms with Crippen LogP contribution in [0.2, 0.25) is 0 Å². The van der Waals surface area contributed by atoms with Gasteiger partial charge in [-0.15, -0.1) is 11.3 Å². The number of nitrogens with one attached hydrogen (secondary N) is 1. The number of aryl methyl sites for hydroxylation is 1. The molecule has 2 nitrogen and oxygen atoms in total. The molecule has 1 N–H and O–H groups in total. The van der Waals surface area contributed by atoms with Gasteiger partial charge in [0.2, 0.25) is 0 Å². The predicted octanol–water partition coefficient (Wildman–Crippen LogP) is 3.73. The van der Waals surface area contributed by atoms with Crippen LogP contribution in [0.1, 0.15) is 61.4 Å². The SMILES string of the molecule is CNC1CC2CCCC(C1)N2C1CCCc2sccc21. The highest BCUT2D eigenvalue weighted by Gasteiger charge is 2.42. The van der Waals surface area contributed by atoms with Gasteiger partial charge in [-0.25, -0.2) is 0 Å². The van der Waals surface area contributed by atoms with Crippen molar-refractivity contribution in [2.75, 3.05) is 7.05 Å². The third-order valence-corrected chi connectivity index (χ3v) is 6.82. The highest BCUT2D eigenvalue weighted by atomic mass is 32.1. The highest BCUT2D eigenvalue weighted by molar-refractivity contribution is 7.10. The number of hydrogen-bond acceptors (Lipinski definition) is 3. The number of fused-ring (bicyclic) bond motifs is 3. The second-order valence-corrected chi connectivity index (χ2v) is 7.85. The Kier molecular flexibility index (Phi) is 3.61. The molecule has 20 heavy (non-hydrogen) atoms. The average Bonchev–Trinajstić information content (AvgIpc) is 2.94. The fraction of sp³-hybridized carbons (Fsp3) is 0.765. The van der Waals surface area contributed by atoms with Gasteiger partial charge in [-0.2, -0.15) is 0 Å². The number of nitrogens with zero attached hydrogens (tertiary/aromatic N) is 1. The molecule has 3 unspecified atom stereocenters. The Morgan fingerprint density at radius 3 is 2.70 bits per heavy atom. The van der Waals surface area contributed by atoms with Crippen molar-refractivity contribution in [2.45, 2.75) is 75.5 Å². The second-order valence-electron chi connectivity index (χ2n) is 6.85. The molecule has 3 atom stereocenters. The van der Waals surface area contributed by atoms with Crippen LogP contribution in [0.4, 0.5) is 0 Å². The summed E-state index contributed by atoms with van der Waals surface area (Å²) in [5, 5.41) is 5.86. The van der Waals surface area contributed by atoms with Crippen molar-refractivity contribution in [1.29, 1.82) is 0 Å². The van der Waals surface area contributed by atoms with Crippen LogP contribution < -0.4 is 5.32 Å². The second kappa shape index (κ2) is 5.43. The summed E-state index contributed by atoms with van der Waals surface area (Å²) in [6.07, 6.45) is 11.1. The van der Waals surface area contributed by atoms with Crippen LogP contribution >= 0.6 is 11.3 Å². The highest BCUT2D eigenvalue weighted by Crippen LogP contribution is 2.45. The molecule has 0 saturated carbocycles. The minimum atomic E-state index is 0.734. The van der Waals surface area contributed by atoms with Crippen LogP contribution in [0.15, 0.2) is 11.4 Å². The standard InChI is InChI=1S/C17H26N2S/c1-18-12-10-13-4-2-5-14(11-12)19(13)16-6-3-7-17-15(16)8-9-20-17/h8-9,12-14,16,18H,2-7,10-11H2,1H3. The van der Waals surface area contributed by atoms with Crippen LogP contribution in [-0.4, -0.2) is 30.1 Å². The minimum absolute atomic E-state index is 0.734. The van der Waals surface area contributed by atoms with Gasteiger partial charge in [0.05, 0.1) is 0 Å². The van der Waals surface area contributed by atoms with Gasteiger partial charge in [-0.3, -0.25) is 4.90 Å². The van der Waals surface area contributed by atoms with E-state index >= 15 is 0 Å². The van der Waals surface area contributed by atoms with E-state index in [0.29, 0.717) is 0 Å². The number of hydrogen-bond donors (Lipinski definition) is 1. The number of rotatable bonds is 2.